The molecule has 2 aliphatic rings. The third-order valence-corrected chi connectivity index (χ3v) is 5.55. The Morgan fingerprint density at radius 2 is 2.14 bits per heavy atom. The number of hydrogen-bond donors (Lipinski definition) is 2. The minimum Gasteiger partial charge on any atom is -0.379 e. The van der Waals surface area contributed by atoms with E-state index < -0.39 is 0 Å². The fourth-order valence-electron chi connectivity index (χ4n) is 4.12. The van der Waals surface area contributed by atoms with Gasteiger partial charge < -0.3 is 20.1 Å². The molecule has 0 aromatic carbocycles. The molecule has 2 aliphatic heterocycles. The van der Waals surface area contributed by atoms with E-state index in [-0.39, 0.29) is 6.04 Å². The smallest absolute Gasteiger partial charge is 0.191 e. The highest BCUT2D eigenvalue weighted by molar-refractivity contribution is 5.80. The van der Waals surface area contributed by atoms with Gasteiger partial charge in [0.2, 0.25) is 0 Å². The van der Waals surface area contributed by atoms with Crippen LogP contribution in [0, 0.1) is 5.92 Å². The molecule has 0 aliphatic carbocycles. The standard InChI is InChI=1S/C20H37N7O2/c1-15(2)11-17(26-7-9-29-10-8-26)12-22-20(21-3)23-16-5-6-19-24-18(14-28-4)25-27(19)13-16/h15-17H,5-14H2,1-4H3,(H2,21,22,23). The number of fused-ring (bicyclic) bond motifs is 1. The number of morpholine rings is 1. The lowest BCUT2D eigenvalue weighted by atomic mass is 10.0. The Hall–Kier alpha value is -1.71. The average Bonchev–Trinajstić information content (AvgIpc) is 3.12. The zero-order valence-electron chi connectivity index (χ0n) is 18.4. The molecule has 3 rings (SSSR count). The van der Waals surface area contributed by atoms with Crippen molar-refractivity contribution in [3.8, 4) is 0 Å². The van der Waals surface area contributed by atoms with Crippen LogP contribution in [-0.2, 0) is 29.0 Å². The molecule has 2 atom stereocenters. The van der Waals surface area contributed by atoms with Crippen molar-refractivity contribution in [2.75, 3.05) is 47.0 Å². The predicted octanol–water partition coefficient (Wildman–Crippen LogP) is 0.651. The first kappa shape index (κ1) is 22.0. The highest BCUT2D eigenvalue weighted by atomic mass is 16.5. The summed E-state index contributed by atoms with van der Waals surface area (Å²) in [6.45, 7) is 10.4. The highest BCUT2D eigenvalue weighted by Crippen LogP contribution is 2.15. The Morgan fingerprint density at radius 1 is 1.34 bits per heavy atom. The molecule has 0 saturated carbocycles. The molecule has 0 bridgehead atoms. The zero-order valence-corrected chi connectivity index (χ0v) is 18.4. The fraction of sp³-hybridized carbons (Fsp3) is 0.850. The summed E-state index contributed by atoms with van der Waals surface area (Å²) in [5.74, 6) is 3.32. The summed E-state index contributed by atoms with van der Waals surface area (Å²) in [6.07, 6.45) is 3.10. The summed E-state index contributed by atoms with van der Waals surface area (Å²) in [5, 5.41) is 11.7. The molecule has 1 fully saturated rings. The molecule has 1 aromatic heterocycles. The van der Waals surface area contributed by atoms with E-state index in [4.69, 9.17) is 9.47 Å². The number of methoxy groups -OCH3 is 1. The van der Waals surface area contributed by atoms with Crippen LogP contribution in [0.3, 0.4) is 0 Å². The van der Waals surface area contributed by atoms with Crippen LogP contribution in [0.15, 0.2) is 4.99 Å². The summed E-state index contributed by atoms with van der Waals surface area (Å²) in [4.78, 5) is 11.6. The van der Waals surface area contributed by atoms with Crippen molar-refractivity contribution >= 4 is 5.96 Å². The van der Waals surface area contributed by atoms with Gasteiger partial charge in [0.25, 0.3) is 0 Å². The highest BCUT2D eigenvalue weighted by Gasteiger charge is 2.24. The van der Waals surface area contributed by atoms with Gasteiger partial charge in [-0.1, -0.05) is 13.8 Å². The Labute approximate surface area is 174 Å². The van der Waals surface area contributed by atoms with Crippen LogP contribution in [0.2, 0.25) is 0 Å². The average molecular weight is 408 g/mol. The third-order valence-electron chi connectivity index (χ3n) is 5.55. The van der Waals surface area contributed by atoms with E-state index in [1.54, 1.807) is 7.11 Å². The van der Waals surface area contributed by atoms with Gasteiger partial charge in [0.1, 0.15) is 12.4 Å². The van der Waals surface area contributed by atoms with Crippen LogP contribution in [0.4, 0.5) is 0 Å². The first-order valence-corrected chi connectivity index (χ1v) is 10.8. The Morgan fingerprint density at radius 3 is 2.83 bits per heavy atom. The molecule has 164 valence electrons. The summed E-state index contributed by atoms with van der Waals surface area (Å²) < 4.78 is 12.7. The molecule has 9 nitrogen and oxygen atoms in total. The van der Waals surface area contributed by atoms with Crippen molar-refractivity contribution < 1.29 is 9.47 Å². The minimum atomic E-state index is 0.290. The molecule has 29 heavy (non-hydrogen) atoms. The van der Waals surface area contributed by atoms with Gasteiger partial charge in [-0.2, -0.15) is 5.10 Å². The molecule has 1 aromatic rings. The zero-order chi connectivity index (χ0) is 20.6. The molecule has 2 unspecified atom stereocenters. The number of aryl methyl sites for hydroxylation is 1. The van der Waals surface area contributed by atoms with E-state index in [1.165, 1.54) is 0 Å². The number of ether oxygens (including phenoxy) is 2. The minimum absolute atomic E-state index is 0.290. The van der Waals surface area contributed by atoms with Gasteiger partial charge in [-0.15, -0.1) is 0 Å². The Bertz CT molecular complexity index is 655. The maximum absolute atomic E-state index is 5.53. The number of aliphatic imine (C=N–C) groups is 1. The monoisotopic (exact) mass is 407 g/mol. The van der Waals surface area contributed by atoms with Crippen molar-refractivity contribution in [2.45, 2.75) is 58.3 Å². The topological polar surface area (TPSA) is 88.8 Å². The SMILES string of the molecule is CN=C(NCC(CC(C)C)N1CCOCC1)NC1CCc2nc(COC)nn2C1. The summed E-state index contributed by atoms with van der Waals surface area (Å²) in [6, 6.07) is 0.778. The molecule has 0 radical (unpaired) electrons. The Kier molecular flexibility index (Phi) is 8.26. The van der Waals surface area contributed by atoms with Crippen molar-refractivity contribution in [3.63, 3.8) is 0 Å². The van der Waals surface area contributed by atoms with Gasteiger partial charge in [-0.3, -0.25) is 9.89 Å². The number of hydrogen-bond acceptors (Lipinski definition) is 6. The molecule has 2 N–H and O–H groups in total. The van der Waals surface area contributed by atoms with E-state index in [9.17, 15) is 0 Å². The lowest BCUT2D eigenvalue weighted by Crippen LogP contribution is -2.53. The quantitative estimate of drug-likeness (QED) is 0.483. The third kappa shape index (κ3) is 6.38. The van der Waals surface area contributed by atoms with Gasteiger partial charge in [0.05, 0.1) is 19.8 Å². The lowest BCUT2D eigenvalue weighted by molar-refractivity contribution is 0.0132. The van der Waals surface area contributed by atoms with Crippen molar-refractivity contribution in [1.29, 1.82) is 0 Å². The van der Waals surface area contributed by atoms with Crippen molar-refractivity contribution in [2.24, 2.45) is 10.9 Å². The van der Waals surface area contributed by atoms with Crippen LogP contribution in [0.1, 0.15) is 38.3 Å². The number of nitrogens with zero attached hydrogens (tertiary/aromatic N) is 5. The lowest BCUT2D eigenvalue weighted by Gasteiger charge is -2.36. The number of guanidine groups is 1. The largest absolute Gasteiger partial charge is 0.379 e. The van der Waals surface area contributed by atoms with Gasteiger partial charge in [0, 0.05) is 52.3 Å². The molecule has 0 amide bonds. The van der Waals surface area contributed by atoms with E-state index >= 15 is 0 Å². The van der Waals surface area contributed by atoms with Crippen molar-refractivity contribution in [3.05, 3.63) is 11.6 Å². The van der Waals surface area contributed by atoms with Crippen molar-refractivity contribution in [1.82, 2.24) is 30.3 Å². The second-order valence-electron chi connectivity index (χ2n) is 8.32. The number of rotatable bonds is 8. The van der Waals surface area contributed by atoms with Gasteiger partial charge >= 0.3 is 0 Å². The van der Waals surface area contributed by atoms with Gasteiger partial charge in [-0.25, -0.2) is 9.67 Å². The predicted molar refractivity (Wildman–Crippen MR) is 113 cm³/mol. The van der Waals surface area contributed by atoms with Crippen LogP contribution in [0.5, 0.6) is 0 Å². The maximum Gasteiger partial charge on any atom is 0.191 e. The van der Waals surface area contributed by atoms with E-state index in [0.29, 0.717) is 18.6 Å². The Balaban J connectivity index is 1.52. The molecule has 0 spiro atoms. The second kappa shape index (κ2) is 10.9. The summed E-state index contributed by atoms with van der Waals surface area (Å²) in [7, 11) is 3.51. The molecule has 9 heteroatoms. The van der Waals surface area contributed by atoms with E-state index in [1.807, 2.05) is 11.7 Å². The van der Waals surface area contributed by atoms with Crippen LogP contribution in [0.25, 0.3) is 0 Å². The first-order valence-electron chi connectivity index (χ1n) is 10.8. The molecular formula is C20H37N7O2. The van der Waals surface area contributed by atoms with Crippen LogP contribution >= 0.6 is 0 Å². The normalized spacial score (nSPS) is 21.8. The number of aromatic nitrogens is 3. The van der Waals surface area contributed by atoms with Gasteiger partial charge in [-0.05, 0) is 18.8 Å². The van der Waals surface area contributed by atoms with Gasteiger partial charge in [0.15, 0.2) is 11.8 Å². The first-order chi connectivity index (χ1) is 14.1. The van der Waals surface area contributed by atoms with Crippen LogP contribution in [-0.4, -0.2) is 84.7 Å². The summed E-state index contributed by atoms with van der Waals surface area (Å²) >= 11 is 0. The molecular weight excluding hydrogens is 370 g/mol. The molecule has 3 heterocycles. The number of nitrogens with one attached hydrogen (secondary N) is 2. The van der Waals surface area contributed by atoms with Crippen LogP contribution < -0.4 is 10.6 Å². The molecule has 1 saturated heterocycles. The second-order valence-corrected chi connectivity index (χ2v) is 8.32. The van der Waals surface area contributed by atoms with E-state index in [0.717, 1.165) is 76.3 Å². The fourth-order valence-corrected chi connectivity index (χ4v) is 4.12. The summed E-state index contributed by atoms with van der Waals surface area (Å²) in [5.41, 5.74) is 0. The maximum atomic E-state index is 5.53. The van der Waals surface area contributed by atoms with E-state index in [2.05, 4.69) is 44.5 Å².